The van der Waals surface area contributed by atoms with Crippen LogP contribution in [0.1, 0.15) is 0 Å². The maximum atomic E-state index is 11.4. The van der Waals surface area contributed by atoms with Crippen molar-refractivity contribution >= 4 is 43.1 Å². The standard InChI is InChI=1S/C11H9NO7S2/c13-6-12-8-2-1-7-3-9(20(14,15)16)5-11(10(7)4-8)21(17,18)19/h1-6H,(H,12,13)(H,14,15,16)(H,17,18,19). The first-order chi connectivity index (χ1) is 9.63. The van der Waals surface area contributed by atoms with E-state index in [1.165, 1.54) is 18.2 Å². The van der Waals surface area contributed by atoms with Crippen LogP contribution in [0.2, 0.25) is 0 Å². The van der Waals surface area contributed by atoms with Crippen molar-refractivity contribution in [1.29, 1.82) is 0 Å². The molecule has 0 bridgehead atoms. The Kier molecular flexibility index (Phi) is 3.72. The number of anilines is 1. The van der Waals surface area contributed by atoms with Gasteiger partial charge in [0.25, 0.3) is 20.2 Å². The van der Waals surface area contributed by atoms with E-state index in [2.05, 4.69) is 5.32 Å². The Bertz CT molecular complexity index is 932. The van der Waals surface area contributed by atoms with Crippen molar-refractivity contribution in [2.75, 3.05) is 5.32 Å². The molecule has 8 nitrogen and oxygen atoms in total. The van der Waals surface area contributed by atoms with E-state index in [1.54, 1.807) is 0 Å². The van der Waals surface area contributed by atoms with Crippen LogP contribution in [-0.4, -0.2) is 32.4 Å². The van der Waals surface area contributed by atoms with E-state index in [4.69, 9.17) is 4.55 Å². The molecule has 0 saturated heterocycles. The Morgan fingerprint density at radius 1 is 0.952 bits per heavy atom. The lowest BCUT2D eigenvalue weighted by Gasteiger charge is -2.08. The van der Waals surface area contributed by atoms with E-state index in [-0.39, 0.29) is 16.5 Å². The van der Waals surface area contributed by atoms with E-state index < -0.39 is 30.0 Å². The summed E-state index contributed by atoms with van der Waals surface area (Å²) in [5.74, 6) is 0. The third-order valence-electron chi connectivity index (χ3n) is 2.69. The normalized spacial score (nSPS) is 12.3. The van der Waals surface area contributed by atoms with Crippen LogP contribution in [-0.2, 0) is 25.0 Å². The minimum Gasteiger partial charge on any atom is -0.329 e. The van der Waals surface area contributed by atoms with Gasteiger partial charge in [-0.1, -0.05) is 6.07 Å². The van der Waals surface area contributed by atoms with Crippen molar-refractivity contribution in [1.82, 2.24) is 0 Å². The Balaban J connectivity index is 2.91. The molecule has 0 aliphatic heterocycles. The maximum Gasteiger partial charge on any atom is 0.295 e. The lowest BCUT2D eigenvalue weighted by Crippen LogP contribution is -2.04. The van der Waals surface area contributed by atoms with Crippen LogP contribution in [0.25, 0.3) is 10.8 Å². The molecule has 21 heavy (non-hydrogen) atoms. The molecule has 2 rings (SSSR count). The third-order valence-corrected chi connectivity index (χ3v) is 4.42. The molecule has 0 fully saturated rings. The Hall–Kier alpha value is -2.01. The predicted molar refractivity (Wildman–Crippen MR) is 73.3 cm³/mol. The molecule has 2 aromatic carbocycles. The summed E-state index contributed by atoms with van der Waals surface area (Å²) in [7, 11) is -9.38. The summed E-state index contributed by atoms with van der Waals surface area (Å²) in [5, 5.41) is 2.44. The predicted octanol–water partition coefficient (Wildman–Crippen LogP) is 0.901. The number of benzene rings is 2. The number of hydrogen-bond acceptors (Lipinski definition) is 5. The molecule has 3 N–H and O–H groups in total. The third kappa shape index (κ3) is 3.19. The molecule has 10 heteroatoms. The van der Waals surface area contributed by atoms with Crippen molar-refractivity contribution in [2.24, 2.45) is 0 Å². The van der Waals surface area contributed by atoms with Crippen LogP contribution in [0.5, 0.6) is 0 Å². The molecule has 0 heterocycles. The van der Waals surface area contributed by atoms with Gasteiger partial charge in [-0.15, -0.1) is 0 Å². The van der Waals surface area contributed by atoms with Gasteiger partial charge in [-0.05, 0) is 29.7 Å². The summed E-state index contributed by atoms with van der Waals surface area (Å²) in [6, 6.07) is 5.67. The molecule has 0 spiro atoms. The minimum atomic E-state index is -4.74. The van der Waals surface area contributed by atoms with Crippen molar-refractivity contribution in [3.05, 3.63) is 30.3 Å². The van der Waals surface area contributed by atoms with E-state index in [0.717, 1.165) is 6.07 Å². The van der Waals surface area contributed by atoms with Gasteiger partial charge in [0.15, 0.2) is 0 Å². The first-order valence-electron chi connectivity index (χ1n) is 5.36. The lowest BCUT2D eigenvalue weighted by atomic mass is 10.1. The molecule has 2 aromatic rings. The van der Waals surface area contributed by atoms with Gasteiger partial charge in [0.05, 0.1) is 4.90 Å². The highest BCUT2D eigenvalue weighted by Crippen LogP contribution is 2.29. The Morgan fingerprint density at radius 3 is 2.14 bits per heavy atom. The topological polar surface area (TPSA) is 138 Å². The second kappa shape index (κ2) is 5.07. The highest BCUT2D eigenvalue weighted by Gasteiger charge is 2.20. The molecular formula is C11H9NO7S2. The monoisotopic (exact) mass is 331 g/mol. The number of carbonyl (C=O) groups excluding carboxylic acids is 1. The van der Waals surface area contributed by atoms with Gasteiger partial charge in [0, 0.05) is 11.1 Å². The maximum absolute atomic E-state index is 11.4. The van der Waals surface area contributed by atoms with Crippen LogP contribution in [0, 0.1) is 0 Å². The molecule has 112 valence electrons. The highest BCUT2D eigenvalue weighted by molar-refractivity contribution is 7.86. The van der Waals surface area contributed by atoms with Crippen LogP contribution in [0.3, 0.4) is 0 Å². The second-order valence-corrected chi connectivity index (χ2v) is 6.88. The van der Waals surface area contributed by atoms with Crippen LogP contribution in [0.15, 0.2) is 40.1 Å². The van der Waals surface area contributed by atoms with E-state index in [9.17, 15) is 26.2 Å². The Labute approximate surface area is 119 Å². The number of nitrogens with one attached hydrogen (secondary N) is 1. The van der Waals surface area contributed by atoms with Crippen molar-refractivity contribution in [3.8, 4) is 0 Å². The zero-order valence-corrected chi connectivity index (χ0v) is 11.8. The largest absolute Gasteiger partial charge is 0.329 e. The quantitative estimate of drug-likeness (QED) is 0.559. The van der Waals surface area contributed by atoms with E-state index in [1.807, 2.05) is 0 Å². The second-order valence-electron chi connectivity index (χ2n) is 4.07. The average Bonchev–Trinajstić information content (AvgIpc) is 2.35. The first kappa shape index (κ1) is 15.4. The van der Waals surface area contributed by atoms with Crippen LogP contribution >= 0.6 is 0 Å². The molecule has 0 aromatic heterocycles. The molecule has 1 amide bonds. The molecule has 0 saturated carbocycles. The van der Waals surface area contributed by atoms with Crippen molar-refractivity contribution in [2.45, 2.75) is 9.79 Å². The number of fused-ring (bicyclic) bond motifs is 1. The Morgan fingerprint density at radius 2 is 1.62 bits per heavy atom. The fourth-order valence-electron chi connectivity index (χ4n) is 1.82. The summed E-state index contributed by atoms with van der Waals surface area (Å²) >= 11 is 0. The van der Waals surface area contributed by atoms with Gasteiger partial charge < -0.3 is 5.32 Å². The summed E-state index contributed by atoms with van der Waals surface area (Å²) in [4.78, 5) is 9.03. The lowest BCUT2D eigenvalue weighted by molar-refractivity contribution is -0.105. The fraction of sp³-hybridized carbons (Fsp3) is 0. The summed E-state index contributed by atoms with van der Waals surface area (Å²) in [5.41, 5.74) is 0.252. The van der Waals surface area contributed by atoms with Crippen molar-refractivity contribution < 1.29 is 30.7 Å². The van der Waals surface area contributed by atoms with Gasteiger partial charge in [-0.2, -0.15) is 16.8 Å². The van der Waals surface area contributed by atoms with Gasteiger partial charge in [0.1, 0.15) is 4.90 Å². The zero-order valence-electron chi connectivity index (χ0n) is 10.2. The number of rotatable bonds is 4. The molecule has 0 aliphatic rings. The first-order valence-corrected chi connectivity index (χ1v) is 8.24. The van der Waals surface area contributed by atoms with E-state index in [0.29, 0.717) is 12.5 Å². The van der Waals surface area contributed by atoms with E-state index >= 15 is 0 Å². The zero-order chi connectivity index (χ0) is 15.8. The van der Waals surface area contributed by atoms with Gasteiger partial charge in [-0.25, -0.2) is 0 Å². The number of hydrogen-bond donors (Lipinski definition) is 3. The molecule has 0 radical (unpaired) electrons. The van der Waals surface area contributed by atoms with Crippen LogP contribution < -0.4 is 5.32 Å². The summed E-state index contributed by atoms with van der Waals surface area (Å²) < 4.78 is 63.3. The highest BCUT2D eigenvalue weighted by atomic mass is 32.2. The van der Waals surface area contributed by atoms with Gasteiger partial charge in [0.2, 0.25) is 6.41 Å². The average molecular weight is 331 g/mol. The number of amides is 1. The fourth-order valence-corrected chi connectivity index (χ4v) is 3.17. The summed E-state index contributed by atoms with van der Waals surface area (Å²) in [6.07, 6.45) is 0.376. The van der Waals surface area contributed by atoms with Gasteiger partial charge >= 0.3 is 0 Å². The molecule has 0 unspecified atom stereocenters. The summed E-state index contributed by atoms with van der Waals surface area (Å²) in [6.45, 7) is 0. The smallest absolute Gasteiger partial charge is 0.295 e. The van der Waals surface area contributed by atoms with Crippen molar-refractivity contribution in [3.63, 3.8) is 0 Å². The molecule has 0 atom stereocenters. The van der Waals surface area contributed by atoms with Crippen LogP contribution in [0.4, 0.5) is 5.69 Å². The number of carbonyl (C=O) groups is 1. The van der Waals surface area contributed by atoms with Gasteiger partial charge in [-0.3, -0.25) is 13.9 Å². The SMILES string of the molecule is O=CNc1ccc2cc(S(=O)(=O)O)cc(S(=O)(=O)O)c2c1. The molecular weight excluding hydrogens is 322 g/mol. The molecule has 0 aliphatic carbocycles. The minimum absolute atomic E-state index is 0.00301.